The average molecular weight is 196 g/mol. The fourth-order valence-corrected chi connectivity index (χ4v) is 1.15. The Hall–Kier alpha value is -1.71. The van der Waals surface area contributed by atoms with Crippen LogP contribution in [0.25, 0.3) is 0 Å². The number of carboxylic acids is 1. The van der Waals surface area contributed by atoms with Crippen molar-refractivity contribution in [2.24, 2.45) is 0 Å². The van der Waals surface area contributed by atoms with Gasteiger partial charge in [0.05, 0.1) is 13.0 Å². The Morgan fingerprint density at radius 2 is 2.21 bits per heavy atom. The third-order valence-corrected chi connectivity index (χ3v) is 1.72. The molecule has 0 atom stereocenters. The Morgan fingerprint density at radius 1 is 1.50 bits per heavy atom. The van der Waals surface area contributed by atoms with E-state index in [1.807, 2.05) is 0 Å². The molecule has 0 aromatic heterocycles. The zero-order valence-corrected chi connectivity index (χ0v) is 7.86. The van der Waals surface area contributed by atoms with Crippen molar-refractivity contribution < 1.29 is 19.7 Å². The minimum absolute atomic E-state index is 0.0863. The van der Waals surface area contributed by atoms with Crippen LogP contribution in [0.1, 0.15) is 12.5 Å². The molecule has 0 saturated carbocycles. The molecule has 0 amide bonds. The van der Waals surface area contributed by atoms with Crippen molar-refractivity contribution in [2.75, 3.05) is 6.61 Å². The summed E-state index contributed by atoms with van der Waals surface area (Å²) in [6, 6.07) is 4.82. The first kappa shape index (κ1) is 10.4. The van der Waals surface area contributed by atoms with Crippen LogP contribution >= 0.6 is 0 Å². The largest absolute Gasteiger partial charge is 0.504 e. The normalized spacial score (nSPS) is 9.79. The topological polar surface area (TPSA) is 66.8 Å². The van der Waals surface area contributed by atoms with Crippen molar-refractivity contribution in [3.05, 3.63) is 23.8 Å². The van der Waals surface area contributed by atoms with Crippen LogP contribution in [-0.2, 0) is 11.2 Å². The highest BCUT2D eigenvalue weighted by atomic mass is 16.5. The van der Waals surface area contributed by atoms with E-state index < -0.39 is 5.97 Å². The van der Waals surface area contributed by atoms with Gasteiger partial charge in [-0.15, -0.1) is 0 Å². The predicted molar refractivity (Wildman–Crippen MR) is 50.6 cm³/mol. The molecule has 0 aliphatic heterocycles. The summed E-state index contributed by atoms with van der Waals surface area (Å²) in [5.74, 6) is -0.739. The lowest BCUT2D eigenvalue weighted by Gasteiger charge is -2.08. The van der Waals surface area contributed by atoms with Gasteiger partial charge < -0.3 is 14.9 Å². The lowest BCUT2D eigenvalue weighted by atomic mass is 10.1. The van der Waals surface area contributed by atoms with E-state index in [4.69, 9.17) is 9.84 Å². The maximum atomic E-state index is 10.4. The van der Waals surface area contributed by atoms with Gasteiger partial charge in [-0.25, -0.2) is 0 Å². The van der Waals surface area contributed by atoms with Crippen LogP contribution in [0.2, 0.25) is 0 Å². The van der Waals surface area contributed by atoms with Crippen molar-refractivity contribution in [1.29, 1.82) is 0 Å². The molecule has 0 spiro atoms. The SMILES string of the molecule is CCOc1cccc(CC(=O)O)c1O. The van der Waals surface area contributed by atoms with Crippen LogP contribution in [0.5, 0.6) is 11.5 Å². The molecular weight excluding hydrogens is 184 g/mol. The van der Waals surface area contributed by atoms with E-state index in [1.54, 1.807) is 25.1 Å². The lowest BCUT2D eigenvalue weighted by molar-refractivity contribution is -0.136. The highest BCUT2D eigenvalue weighted by Crippen LogP contribution is 2.29. The fraction of sp³-hybridized carbons (Fsp3) is 0.300. The Bertz CT molecular complexity index is 333. The van der Waals surface area contributed by atoms with Crippen LogP contribution in [0.15, 0.2) is 18.2 Å². The van der Waals surface area contributed by atoms with Gasteiger partial charge in [0.1, 0.15) is 0 Å². The number of carbonyl (C=O) groups is 1. The molecule has 1 aromatic carbocycles. The van der Waals surface area contributed by atoms with Gasteiger partial charge in [0.15, 0.2) is 11.5 Å². The average Bonchev–Trinajstić information content (AvgIpc) is 2.11. The van der Waals surface area contributed by atoms with Gasteiger partial charge in [-0.3, -0.25) is 4.79 Å². The molecule has 0 aliphatic rings. The molecular formula is C10H12O4. The van der Waals surface area contributed by atoms with E-state index in [0.717, 1.165) is 0 Å². The number of aromatic hydroxyl groups is 1. The second-order valence-electron chi connectivity index (χ2n) is 2.77. The molecule has 1 aromatic rings. The van der Waals surface area contributed by atoms with E-state index in [2.05, 4.69) is 0 Å². The third kappa shape index (κ3) is 2.39. The second kappa shape index (κ2) is 4.50. The van der Waals surface area contributed by atoms with Crippen LogP contribution in [-0.4, -0.2) is 22.8 Å². The third-order valence-electron chi connectivity index (χ3n) is 1.72. The summed E-state index contributed by atoms with van der Waals surface area (Å²) in [5, 5.41) is 18.1. The monoisotopic (exact) mass is 196 g/mol. The molecule has 4 heteroatoms. The number of ether oxygens (including phenoxy) is 1. The molecule has 0 radical (unpaired) electrons. The first-order valence-electron chi connectivity index (χ1n) is 4.30. The fourth-order valence-electron chi connectivity index (χ4n) is 1.15. The Morgan fingerprint density at radius 3 is 2.79 bits per heavy atom. The van der Waals surface area contributed by atoms with Crippen molar-refractivity contribution in [3.63, 3.8) is 0 Å². The summed E-state index contributed by atoms with van der Waals surface area (Å²) in [4.78, 5) is 10.4. The van der Waals surface area contributed by atoms with E-state index in [0.29, 0.717) is 17.9 Å². The number of aliphatic carboxylic acids is 1. The van der Waals surface area contributed by atoms with Gasteiger partial charge in [-0.05, 0) is 13.0 Å². The Balaban J connectivity index is 2.94. The number of carboxylic acid groups (broad SMARTS) is 1. The molecule has 0 unspecified atom stereocenters. The summed E-state index contributed by atoms with van der Waals surface area (Å²) in [6.45, 7) is 2.23. The lowest BCUT2D eigenvalue weighted by Crippen LogP contribution is -2.01. The van der Waals surface area contributed by atoms with Gasteiger partial charge in [0.25, 0.3) is 0 Å². The number of benzene rings is 1. The van der Waals surface area contributed by atoms with Crippen LogP contribution < -0.4 is 4.74 Å². The van der Waals surface area contributed by atoms with Gasteiger partial charge in [0, 0.05) is 5.56 Å². The minimum atomic E-state index is -0.978. The van der Waals surface area contributed by atoms with Crippen LogP contribution in [0.4, 0.5) is 0 Å². The van der Waals surface area contributed by atoms with E-state index in [-0.39, 0.29) is 12.2 Å². The van der Waals surface area contributed by atoms with E-state index in [9.17, 15) is 9.90 Å². The second-order valence-corrected chi connectivity index (χ2v) is 2.77. The van der Waals surface area contributed by atoms with Crippen molar-refractivity contribution in [2.45, 2.75) is 13.3 Å². The van der Waals surface area contributed by atoms with Crippen molar-refractivity contribution in [3.8, 4) is 11.5 Å². The first-order valence-corrected chi connectivity index (χ1v) is 4.30. The molecule has 2 N–H and O–H groups in total. The summed E-state index contributed by atoms with van der Waals surface area (Å²) in [6.07, 6.45) is -0.202. The molecule has 76 valence electrons. The highest BCUT2D eigenvalue weighted by Gasteiger charge is 2.10. The summed E-state index contributed by atoms with van der Waals surface area (Å²) >= 11 is 0. The molecule has 0 fully saturated rings. The molecule has 14 heavy (non-hydrogen) atoms. The van der Waals surface area contributed by atoms with Crippen molar-refractivity contribution in [1.82, 2.24) is 0 Å². The van der Waals surface area contributed by atoms with Gasteiger partial charge in [-0.1, -0.05) is 12.1 Å². The molecule has 0 saturated heterocycles. The quantitative estimate of drug-likeness (QED) is 0.764. The standard InChI is InChI=1S/C10H12O4/c1-2-14-8-5-3-4-7(10(8)13)6-9(11)12/h3-5,13H,2,6H2,1H3,(H,11,12). The molecule has 0 heterocycles. The predicted octanol–water partition coefficient (Wildman–Crippen LogP) is 1.42. The number of phenols is 1. The number of hydrogen-bond acceptors (Lipinski definition) is 3. The Kier molecular flexibility index (Phi) is 3.34. The molecule has 0 bridgehead atoms. The number of phenolic OH excluding ortho intramolecular Hbond substituents is 1. The van der Waals surface area contributed by atoms with Crippen molar-refractivity contribution >= 4 is 5.97 Å². The van der Waals surface area contributed by atoms with Crippen LogP contribution in [0, 0.1) is 0 Å². The zero-order chi connectivity index (χ0) is 10.6. The number of hydrogen-bond donors (Lipinski definition) is 2. The van der Waals surface area contributed by atoms with E-state index in [1.165, 1.54) is 0 Å². The molecule has 4 nitrogen and oxygen atoms in total. The minimum Gasteiger partial charge on any atom is -0.504 e. The molecule has 0 aliphatic carbocycles. The van der Waals surface area contributed by atoms with E-state index >= 15 is 0 Å². The summed E-state index contributed by atoms with van der Waals surface area (Å²) < 4.78 is 5.12. The van der Waals surface area contributed by atoms with Gasteiger partial charge in [-0.2, -0.15) is 0 Å². The first-order chi connectivity index (χ1) is 6.65. The number of para-hydroxylation sites is 1. The van der Waals surface area contributed by atoms with Gasteiger partial charge in [0.2, 0.25) is 0 Å². The summed E-state index contributed by atoms with van der Waals surface area (Å²) in [7, 11) is 0. The maximum absolute atomic E-state index is 10.4. The maximum Gasteiger partial charge on any atom is 0.307 e. The molecule has 1 rings (SSSR count). The smallest absolute Gasteiger partial charge is 0.307 e. The highest BCUT2D eigenvalue weighted by molar-refractivity contribution is 5.72. The summed E-state index contributed by atoms with van der Waals surface area (Å²) in [5.41, 5.74) is 0.364. The Labute approximate surface area is 81.8 Å². The van der Waals surface area contributed by atoms with Gasteiger partial charge >= 0.3 is 5.97 Å². The number of rotatable bonds is 4. The zero-order valence-electron chi connectivity index (χ0n) is 7.86. The van der Waals surface area contributed by atoms with Crippen LogP contribution in [0.3, 0.4) is 0 Å².